The lowest BCUT2D eigenvalue weighted by Gasteiger charge is -2.35. The molecule has 0 radical (unpaired) electrons. The molecule has 1 aliphatic rings. The van der Waals surface area contributed by atoms with Crippen LogP contribution >= 0.6 is 0 Å². The number of halogens is 1. The molecule has 1 aromatic rings. The summed E-state index contributed by atoms with van der Waals surface area (Å²) in [5, 5.41) is 12.7. The molecule has 2 atom stereocenters. The molecule has 94 valence electrons. The van der Waals surface area contributed by atoms with E-state index in [0.717, 1.165) is 6.42 Å². The summed E-state index contributed by atoms with van der Waals surface area (Å²) in [4.78, 5) is 0. The Morgan fingerprint density at radius 2 is 2.29 bits per heavy atom. The fraction of sp³-hybridized carbons (Fsp3) is 0.538. The summed E-state index contributed by atoms with van der Waals surface area (Å²) in [5.41, 5.74) is -0.116. The smallest absolute Gasteiger partial charge is 0.146 e. The summed E-state index contributed by atoms with van der Waals surface area (Å²) in [6, 6.07) is 6.51. The van der Waals surface area contributed by atoms with Crippen molar-refractivity contribution in [2.45, 2.75) is 18.9 Å². The van der Waals surface area contributed by atoms with Gasteiger partial charge < -0.3 is 15.2 Å². The first-order chi connectivity index (χ1) is 8.15. The van der Waals surface area contributed by atoms with Crippen LogP contribution in [-0.4, -0.2) is 30.5 Å². The SMILES string of the molecule is CC(CO)(Nc1ccccc1F)C1CCOC1. The van der Waals surface area contributed by atoms with Gasteiger partial charge in [-0.15, -0.1) is 0 Å². The van der Waals surface area contributed by atoms with Crippen molar-refractivity contribution < 1.29 is 14.2 Å². The molecule has 17 heavy (non-hydrogen) atoms. The Morgan fingerprint density at radius 3 is 2.88 bits per heavy atom. The zero-order valence-corrected chi connectivity index (χ0v) is 9.95. The van der Waals surface area contributed by atoms with Gasteiger partial charge >= 0.3 is 0 Å². The minimum atomic E-state index is -0.543. The Morgan fingerprint density at radius 1 is 1.53 bits per heavy atom. The highest BCUT2D eigenvalue weighted by Gasteiger charge is 2.36. The van der Waals surface area contributed by atoms with Crippen molar-refractivity contribution in [1.29, 1.82) is 0 Å². The number of para-hydroxylation sites is 1. The van der Waals surface area contributed by atoms with Gasteiger partial charge in [-0.2, -0.15) is 0 Å². The number of ether oxygens (including phenoxy) is 1. The van der Waals surface area contributed by atoms with Crippen LogP contribution in [0, 0.1) is 11.7 Å². The maximum absolute atomic E-state index is 13.6. The molecule has 1 aliphatic heterocycles. The van der Waals surface area contributed by atoms with Crippen molar-refractivity contribution in [1.82, 2.24) is 0 Å². The predicted octanol–water partition coefficient (Wildman–Crippen LogP) is 2.03. The third-order valence-electron chi connectivity index (χ3n) is 3.45. The summed E-state index contributed by atoms with van der Waals surface area (Å²) in [7, 11) is 0. The highest BCUT2D eigenvalue weighted by atomic mass is 19.1. The van der Waals surface area contributed by atoms with E-state index in [2.05, 4.69) is 5.32 Å². The number of benzene rings is 1. The molecule has 0 saturated carbocycles. The molecule has 2 unspecified atom stereocenters. The monoisotopic (exact) mass is 239 g/mol. The first-order valence-corrected chi connectivity index (χ1v) is 5.87. The van der Waals surface area contributed by atoms with Gasteiger partial charge in [0.2, 0.25) is 0 Å². The van der Waals surface area contributed by atoms with E-state index in [-0.39, 0.29) is 18.3 Å². The average molecular weight is 239 g/mol. The van der Waals surface area contributed by atoms with Crippen molar-refractivity contribution in [3.63, 3.8) is 0 Å². The molecule has 0 amide bonds. The van der Waals surface area contributed by atoms with E-state index in [1.54, 1.807) is 18.2 Å². The third-order valence-corrected chi connectivity index (χ3v) is 3.45. The third kappa shape index (κ3) is 2.58. The molecular formula is C13H18FNO2. The average Bonchev–Trinajstić information content (AvgIpc) is 2.86. The molecule has 4 heteroatoms. The fourth-order valence-corrected chi connectivity index (χ4v) is 2.18. The van der Waals surface area contributed by atoms with E-state index in [1.807, 2.05) is 6.92 Å². The van der Waals surface area contributed by atoms with Crippen molar-refractivity contribution in [2.24, 2.45) is 5.92 Å². The van der Waals surface area contributed by atoms with Crippen LogP contribution in [0.15, 0.2) is 24.3 Å². The quantitative estimate of drug-likeness (QED) is 0.844. The topological polar surface area (TPSA) is 41.5 Å². The zero-order chi connectivity index (χ0) is 12.3. The van der Waals surface area contributed by atoms with Crippen molar-refractivity contribution in [3.8, 4) is 0 Å². The molecule has 1 heterocycles. The van der Waals surface area contributed by atoms with Gasteiger partial charge in [-0.3, -0.25) is 0 Å². The van der Waals surface area contributed by atoms with Gasteiger partial charge in [0.15, 0.2) is 0 Å². The maximum Gasteiger partial charge on any atom is 0.146 e. The van der Waals surface area contributed by atoms with Crippen LogP contribution in [-0.2, 0) is 4.74 Å². The Balaban J connectivity index is 2.16. The van der Waals surface area contributed by atoms with E-state index in [9.17, 15) is 9.50 Å². The van der Waals surface area contributed by atoms with Crippen LogP contribution < -0.4 is 5.32 Å². The van der Waals surface area contributed by atoms with Crippen molar-refractivity contribution >= 4 is 5.69 Å². The van der Waals surface area contributed by atoms with Crippen molar-refractivity contribution in [3.05, 3.63) is 30.1 Å². The second-order valence-electron chi connectivity index (χ2n) is 4.74. The Hall–Kier alpha value is -1.13. The molecule has 1 fully saturated rings. The first kappa shape index (κ1) is 12.3. The zero-order valence-electron chi connectivity index (χ0n) is 9.95. The molecule has 0 bridgehead atoms. The minimum Gasteiger partial charge on any atom is -0.394 e. The second kappa shape index (κ2) is 5.02. The van der Waals surface area contributed by atoms with Gasteiger partial charge in [0.1, 0.15) is 5.82 Å². The van der Waals surface area contributed by atoms with Crippen LogP contribution in [0.3, 0.4) is 0 Å². The molecular weight excluding hydrogens is 221 g/mol. The van der Waals surface area contributed by atoms with Gasteiger partial charge in [0.05, 0.1) is 24.4 Å². The summed E-state index contributed by atoms with van der Waals surface area (Å²) in [5.74, 6) is -0.0989. The van der Waals surface area contributed by atoms with Crippen molar-refractivity contribution in [2.75, 3.05) is 25.1 Å². The molecule has 1 saturated heterocycles. The largest absolute Gasteiger partial charge is 0.394 e. The molecule has 1 aromatic carbocycles. The highest BCUT2D eigenvalue weighted by Crippen LogP contribution is 2.30. The van der Waals surface area contributed by atoms with E-state index in [1.165, 1.54) is 6.07 Å². The number of hydrogen-bond donors (Lipinski definition) is 2. The number of aliphatic hydroxyl groups is 1. The molecule has 0 spiro atoms. The van der Waals surface area contributed by atoms with Gasteiger partial charge in [0, 0.05) is 12.5 Å². The maximum atomic E-state index is 13.6. The fourth-order valence-electron chi connectivity index (χ4n) is 2.18. The molecule has 2 N–H and O–H groups in total. The minimum absolute atomic E-state index is 0.0463. The molecule has 0 aliphatic carbocycles. The number of anilines is 1. The second-order valence-corrected chi connectivity index (χ2v) is 4.74. The Bertz CT molecular complexity index is 379. The lowest BCUT2D eigenvalue weighted by Crippen LogP contribution is -2.46. The summed E-state index contributed by atoms with van der Waals surface area (Å²) in [6.07, 6.45) is 0.887. The highest BCUT2D eigenvalue weighted by molar-refractivity contribution is 5.47. The van der Waals surface area contributed by atoms with Gasteiger partial charge in [0.25, 0.3) is 0 Å². The lowest BCUT2D eigenvalue weighted by molar-refractivity contribution is 0.137. The lowest BCUT2D eigenvalue weighted by atomic mass is 9.85. The van der Waals surface area contributed by atoms with Crippen LogP contribution in [0.1, 0.15) is 13.3 Å². The van der Waals surface area contributed by atoms with Crippen LogP contribution in [0.4, 0.5) is 10.1 Å². The summed E-state index contributed by atoms with van der Waals surface area (Å²) >= 11 is 0. The van der Waals surface area contributed by atoms with Crippen LogP contribution in [0.2, 0.25) is 0 Å². The normalized spacial score (nSPS) is 23.4. The van der Waals surface area contributed by atoms with E-state index in [4.69, 9.17) is 4.74 Å². The number of aliphatic hydroxyl groups excluding tert-OH is 1. The summed E-state index contributed by atoms with van der Waals surface area (Å²) < 4.78 is 18.9. The van der Waals surface area contributed by atoms with Gasteiger partial charge in [-0.1, -0.05) is 12.1 Å². The summed E-state index contributed by atoms with van der Waals surface area (Å²) in [6.45, 7) is 3.17. The molecule has 0 aromatic heterocycles. The first-order valence-electron chi connectivity index (χ1n) is 5.87. The van der Waals surface area contributed by atoms with E-state index >= 15 is 0 Å². The number of nitrogens with one attached hydrogen (secondary N) is 1. The van der Waals surface area contributed by atoms with Crippen LogP contribution in [0.5, 0.6) is 0 Å². The molecule has 2 rings (SSSR count). The predicted molar refractivity (Wildman–Crippen MR) is 64.4 cm³/mol. The van der Waals surface area contributed by atoms with E-state index < -0.39 is 5.54 Å². The molecule has 3 nitrogen and oxygen atoms in total. The van der Waals surface area contributed by atoms with Gasteiger partial charge in [-0.25, -0.2) is 4.39 Å². The number of rotatable bonds is 4. The Labute approximate surface area is 101 Å². The number of hydrogen-bond acceptors (Lipinski definition) is 3. The van der Waals surface area contributed by atoms with E-state index in [0.29, 0.717) is 18.9 Å². The Kier molecular flexibility index (Phi) is 3.64. The standard InChI is InChI=1S/C13H18FNO2/c1-13(9-16,10-6-7-17-8-10)15-12-5-3-2-4-11(12)14/h2-5,10,15-16H,6-9H2,1H3. The van der Waals surface area contributed by atoms with Crippen LogP contribution in [0.25, 0.3) is 0 Å². The van der Waals surface area contributed by atoms with Gasteiger partial charge in [-0.05, 0) is 25.5 Å².